The van der Waals surface area contributed by atoms with Gasteiger partial charge in [0.05, 0.1) is 12.0 Å². The molecule has 0 unspecified atom stereocenters. The molecule has 174 valence electrons. The minimum atomic E-state index is -2.99. The minimum Gasteiger partial charge on any atom is -0.493 e. The van der Waals surface area contributed by atoms with Crippen molar-refractivity contribution in [1.82, 2.24) is 10.2 Å². The summed E-state index contributed by atoms with van der Waals surface area (Å²) in [5.41, 5.74) is 0.495. The number of thioether (sulfide) groups is 1. The maximum atomic E-state index is 12.6. The van der Waals surface area contributed by atoms with E-state index in [0.29, 0.717) is 17.9 Å². The summed E-state index contributed by atoms with van der Waals surface area (Å²) >= 11 is 0.785. The van der Waals surface area contributed by atoms with Crippen LogP contribution in [0.5, 0.6) is 11.5 Å². The summed E-state index contributed by atoms with van der Waals surface area (Å²) in [7, 11) is 1.31. The fourth-order valence-corrected chi connectivity index (χ4v) is 4.71. The normalized spacial score (nSPS) is 18.1. The van der Waals surface area contributed by atoms with E-state index in [2.05, 4.69) is 10.1 Å². The summed E-state index contributed by atoms with van der Waals surface area (Å²) in [5.74, 6) is 0.0425. The summed E-state index contributed by atoms with van der Waals surface area (Å²) < 4.78 is 34.4. The molecule has 3 rings (SSSR count). The molecule has 1 aromatic rings. The SMILES string of the molecule is COc1cc(/C=C2\SC(=O)N(CCNC(=O)CCC3CCCC3)C2=O)ccc1OC(F)F. The number of carbonyl (C=O) groups is 3. The van der Waals surface area contributed by atoms with Crippen LogP contribution in [-0.2, 0) is 9.59 Å². The van der Waals surface area contributed by atoms with E-state index in [-0.39, 0.29) is 35.4 Å². The van der Waals surface area contributed by atoms with Crippen molar-refractivity contribution in [3.05, 3.63) is 28.7 Å². The first-order valence-electron chi connectivity index (χ1n) is 10.5. The molecule has 2 aliphatic rings. The largest absolute Gasteiger partial charge is 0.493 e. The molecule has 0 radical (unpaired) electrons. The van der Waals surface area contributed by atoms with Gasteiger partial charge in [0, 0.05) is 19.5 Å². The maximum Gasteiger partial charge on any atom is 0.387 e. The Labute approximate surface area is 189 Å². The second-order valence-electron chi connectivity index (χ2n) is 7.66. The van der Waals surface area contributed by atoms with Crippen molar-refractivity contribution in [2.24, 2.45) is 5.92 Å². The van der Waals surface area contributed by atoms with Gasteiger partial charge < -0.3 is 14.8 Å². The molecule has 0 atom stereocenters. The van der Waals surface area contributed by atoms with Gasteiger partial charge in [0.2, 0.25) is 5.91 Å². The minimum absolute atomic E-state index is 0.0717. The van der Waals surface area contributed by atoms with E-state index in [1.807, 2.05) is 0 Å². The van der Waals surface area contributed by atoms with E-state index in [1.54, 1.807) is 0 Å². The van der Waals surface area contributed by atoms with E-state index in [0.717, 1.165) is 23.1 Å². The number of imide groups is 1. The smallest absolute Gasteiger partial charge is 0.387 e. The third-order valence-electron chi connectivity index (χ3n) is 5.49. The van der Waals surface area contributed by atoms with Crippen LogP contribution in [-0.4, -0.2) is 48.8 Å². The molecule has 32 heavy (non-hydrogen) atoms. The lowest BCUT2D eigenvalue weighted by Gasteiger charge is -2.13. The van der Waals surface area contributed by atoms with Crippen molar-refractivity contribution in [2.75, 3.05) is 20.2 Å². The third-order valence-corrected chi connectivity index (χ3v) is 6.39. The molecular formula is C22H26F2N2O5S. The van der Waals surface area contributed by atoms with Crippen molar-refractivity contribution in [1.29, 1.82) is 0 Å². The zero-order chi connectivity index (χ0) is 23.1. The van der Waals surface area contributed by atoms with E-state index in [4.69, 9.17) is 4.74 Å². The number of nitrogens with zero attached hydrogens (tertiary/aromatic N) is 1. The monoisotopic (exact) mass is 468 g/mol. The van der Waals surface area contributed by atoms with Gasteiger partial charge in [-0.05, 0) is 47.9 Å². The van der Waals surface area contributed by atoms with Gasteiger partial charge in [-0.25, -0.2) is 0 Å². The van der Waals surface area contributed by atoms with E-state index >= 15 is 0 Å². The summed E-state index contributed by atoms with van der Waals surface area (Å²) in [4.78, 5) is 38.2. The molecule has 1 heterocycles. The van der Waals surface area contributed by atoms with Crippen LogP contribution in [0.3, 0.4) is 0 Å². The van der Waals surface area contributed by atoms with Gasteiger partial charge in [0.15, 0.2) is 11.5 Å². The Morgan fingerprint density at radius 2 is 2.03 bits per heavy atom. The summed E-state index contributed by atoms with van der Waals surface area (Å²) in [6.07, 6.45) is 7.66. The topological polar surface area (TPSA) is 84.9 Å². The lowest BCUT2D eigenvalue weighted by atomic mass is 10.0. The van der Waals surface area contributed by atoms with Crippen molar-refractivity contribution in [2.45, 2.75) is 45.1 Å². The molecular weight excluding hydrogens is 442 g/mol. The highest BCUT2D eigenvalue weighted by Gasteiger charge is 2.34. The first-order valence-corrected chi connectivity index (χ1v) is 11.3. The van der Waals surface area contributed by atoms with Crippen LogP contribution in [0.4, 0.5) is 13.6 Å². The van der Waals surface area contributed by atoms with Crippen LogP contribution in [0.15, 0.2) is 23.1 Å². The molecule has 1 aliphatic carbocycles. The number of alkyl halides is 2. The Morgan fingerprint density at radius 3 is 2.72 bits per heavy atom. The standard InChI is InChI=1S/C22H26F2N2O5S/c1-30-17-12-15(6-8-16(17)31-21(23)24)13-18-20(28)26(22(29)32-18)11-10-25-19(27)9-7-14-4-2-3-5-14/h6,8,12-14,21H,2-5,7,9-11H2,1H3,(H,25,27)/b18-13-. The molecule has 1 saturated heterocycles. The quantitative estimate of drug-likeness (QED) is 0.512. The van der Waals surface area contributed by atoms with Crippen molar-refractivity contribution in [3.8, 4) is 11.5 Å². The number of hydrogen-bond donors (Lipinski definition) is 1. The number of ether oxygens (including phenoxy) is 2. The fraction of sp³-hybridized carbons (Fsp3) is 0.500. The van der Waals surface area contributed by atoms with Gasteiger partial charge in [-0.1, -0.05) is 31.7 Å². The van der Waals surface area contributed by atoms with E-state index < -0.39 is 17.8 Å². The zero-order valence-corrected chi connectivity index (χ0v) is 18.6. The second kappa shape index (κ2) is 11.3. The molecule has 1 saturated carbocycles. The first kappa shape index (κ1) is 24.0. The van der Waals surface area contributed by atoms with Crippen LogP contribution in [0.1, 0.15) is 44.1 Å². The molecule has 7 nitrogen and oxygen atoms in total. The number of carbonyl (C=O) groups excluding carboxylic acids is 3. The van der Waals surface area contributed by atoms with Crippen LogP contribution in [0, 0.1) is 5.92 Å². The van der Waals surface area contributed by atoms with Crippen LogP contribution >= 0.6 is 11.8 Å². The molecule has 10 heteroatoms. The van der Waals surface area contributed by atoms with Gasteiger partial charge in [-0.3, -0.25) is 19.3 Å². The van der Waals surface area contributed by atoms with E-state index in [1.165, 1.54) is 57.1 Å². The van der Waals surface area contributed by atoms with Crippen LogP contribution in [0.25, 0.3) is 6.08 Å². The highest BCUT2D eigenvalue weighted by molar-refractivity contribution is 8.18. The summed E-state index contributed by atoms with van der Waals surface area (Å²) in [6.45, 7) is -2.71. The summed E-state index contributed by atoms with van der Waals surface area (Å²) in [5, 5.41) is 2.35. The van der Waals surface area contributed by atoms with Gasteiger partial charge in [0.25, 0.3) is 11.1 Å². The number of nitrogens with one attached hydrogen (secondary N) is 1. The Balaban J connectivity index is 1.53. The Kier molecular flexibility index (Phi) is 8.49. The van der Waals surface area contributed by atoms with Crippen molar-refractivity contribution < 1.29 is 32.6 Å². The lowest BCUT2D eigenvalue weighted by molar-refractivity contribution is -0.124. The molecule has 1 N–H and O–H groups in total. The molecule has 3 amide bonds. The number of benzene rings is 1. The molecule has 1 aliphatic heterocycles. The molecule has 0 aromatic heterocycles. The molecule has 1 aromatic carbocycles. The number of halogens is 2. The van der Waals surface area contributed by atoms with Crippen LogP contribution < -0.4 is 14.8 Å². The Morgan fingerprint density at radius 1 is 1.28 bits per heavy atom. The van der Waals surface area contributed by atoms with Gasteiger partial charge in [0.1, 0.15) is 0 Å². The molecule has 0 spiro atoms. The van der Waals surface area contributed by atoms with Crippen LogP contribution in [0.2, 0.25) is 0 Å². The van der Waals surface area contributed by atoms with Crippen molar-refractivity contribution in [3.63, 3.8) is 0 Å². The average molecular weight is 469 g/mol. The number of methoxy groups -OCH3 is 1. The highest BCUT2D eigenvalue weighted by atomic mass is 32.2. The number of hydrogen-bond acceptors (Lipinski definition) is 6. The van der Waals surface area contributed by atoms with E-state index in [9.17, 15) is 23.2 Å². The average Bonchev–Trinajstić information content (AvgIpc) is 3.36. The van der Waals surface area contributed by atoms with Gasteiger partial charge in [-0.2, -0.15) is 8.78 Å². The molecule has 2 fully saturated rings. The zero-order valence-electron chi connectivity index (χ0n) is 17.8. The maximum absolute atomic E-state index is 12.6. The van der Waals surface area contributed by atoms with Gasteiger partial charge in [-0.15, -0.1) is 0 Å². The second-order valence-corrected chi connectivity index (χ2v) is 8.65. The predicted molar refractivity (Wildman–Crippen MR) is 117 cm³/mol. The highest BCUT2D eigenvalue weighted by Crippen LogP contribution is 2.35. The molecule has 0 bridgehead atoms. The van der Waals surface area contributed by atoms with Crippen molar-refractivity contribution >= 4 is 34.9 Å². The Hall–Kier alpha value is -2.62. The lowest BCUT2D eigenvalue weighted by Crippen LogP contribution is -2.37. The Bertz CT molecular complexity index is 887. The predicted octanol–water partition coefficient (Wildman–Crippen LogP) is 4.42. The number of rotatable bonds is 10. The third kappa shape index (κ3) is 6.44. The number of amides is 3. The fourth-order valence-electron chi connectivity index (χ4n) is 3.84. The summed E-state index contributed by atoms with van der Waals surface area (Å²) in [6, 6.07) is 4.23. The first-order chi connectivity index (χ1) is 15.4. The van der Waals surface area contributed by atoms with Gasteiger partial charge >= 0.3 is 6.61 Å².